The quantitative estimate of drug-likeness (QED) is 0.765. The summed E-state index contributed by atoms with van der Waals surface area (Å²) in [4.78, 5) is 37.8. The molecule has 2 rings (SSSR count). The lowest BCUT2D eigenvalue weighted by atomic mass is 10.2. The first-order valence-corrected chi connectivity index (χ1v) is 7.67. The molecule has 0 saturated carbocycles. The smallest absolute Gasteiger partial charge is 0.410 e. The average molecular weight is 334 g/mol. The number of aromatic amines is 1. The lowest BCUT2D eigenvalue weighted by molar-refractivity contribution is 0.0240. The number of carbonyl (C=O) groups excluding carboxylic acids is 1. The van der Waals surface area contributed by atoms with Crippen LogP contribution in [0.4, 0.5) is 16.7 Å². The van der Waals surface area contributed by atoms with E-state index in [1.54, 1.807) is 4.90 Å². The fourth-order valence-electron chi connectivity index (χ4n) is 2.15. The van der Waals surface area contributed by atoms with Crippen molar-refractivity contribution in [2.24, 2.45) is 0 Å². The van der Waals surface area contributed by atoms with E-state index in [0.29, 0.717) is 32.1 Å². The molecule has 1 aromatic rings. The number of piperazine rings is 1. The predicted octanol–water partition coefficient (Wildman–Crippen LogP) is 0.267. The van der Waals surface area contributed by atoms with Crippen LogP contribution in [-0.2, 0) is 4.74 Å². The first-order chi connectivity index (χ1) is 11.3. The van der Waals surface area contributed by atoms with Crippen molar-refractivity contribution in [2.75, 3.05) is 42.9 Å². The Hall–Kier alpha value is -2.76. The predicted molar refractivity (Wildman–Crippen MR) is 90.0 cm³/mol. The molecular formula is C15H22N6O3. The number of nitrogens with one attached hydrogen (secondary N) is 2. The van der Waals surface area contributed by atoms with Crippen LogP contribution in [0.25, 0.3) is 0 Å². The topological polar surface area (TPSA) is 103 Å². The highest BCUT2D eigenvalue weighted by atomic mass is 16.6. The van der Waals surface area contributed by atoms with E-state index >= 15 is 0 Å². The van der Waals surface area contributed by atoms with Gasteiger partial charge in [-0.15, -0.1) is 6.42 Å². The van der Waals surface area contributed by atoms with E-state index in [4.69, 9.17) is 11.2 Å². The zero-order chi connectivity index (χ0) is 17.7. The van der Waals surface area contributed by atoms with Crippen LogP contribution in [0.1, 0.15) is 20.8 Å². The second-order valence-corrected chi connectivity index (χ2v) is 6.31. The van der Waals surface area contributed by atoms with E-state index in [0.717, 1.165) is 0 Å². The van der Waals surface area contributed by atoms with Crippen molar-refractivity contribution in [3.63, 3.8) is 0 Å². The van der Waals surface area contributed by atoms with E-state index in [9.17, 15) is 9.59 Å². The van der Waals surface area contributed by atoms with Crippen LogP contribution in [0.3, 0.4) is 0 Å². The highest BCUT2D eigenvalue weighted by Gasteiger charge is 2.27. The molecule has 1 fully saturated rings. The van der Waals surface area contributed by atoms with Crippen molar-refractivity contribution in [3.05, 3.63) is 10.5 Å². The standard InChI is InChI=1S/C15H22N6O3/c1-5-6-16-11-17-12(19-13(22)18-11)20-7-9-21(10-8-20)14(23)24-15(2,3)4/h1H,6-10H2,2-4H3,(H2,16,17,18,19,22). The summed E-state index contributed by atoms with van der Waals surface area (Å²) in [6.07, 6.45) is 4.83. The van der Waals surface area contributed by atoms with Crippen molar-refractivity contribution < 1.29 is 9.53 Å². The molecule has 1 saturated heterocycles. The number of ether oxygens (including phenoxy) is 1. The van der Waals surface area contributed by atoms with Crippen molar-refractivity contribution in [1.82, 2.24) is 19.9 Å². The third kappa shape index (κ3) is 4.87. The van der Waals surface area contributed by atoms with Gasteiger partial charge in [-0.1, -0.05) is 5.92 Å². The van der Waals surface area contributed by atoms with Gasteiger partial charge in [0.2, 0.25) is 11.9 Å². The van der Waals surface area contributed by atoms with Crippen LogP contribution in [0.15, 0.2) is 4.79 Å². The van der Waals surface area contributed by atoms with Gasteiger partial charge in [-0.2, -0.15) is 9.97 Å². The third-order valence-electron chi connectivity index (χ3n) is 3.21. The third-order valence-corrected chi connectivity index (χ3v) is 3.21. The fraction of sp³-hybridized carbons (Fsp3) is 0.600. The van der Waals surface area contributed by atoms with Gasteiger partial charge < -0.3 is 19.9 Å². The zero-order valence-corrected chi connectivity index (χ0v) is 14.1. The van der Waals surface area contributed by atoms with Gasteiger partial charge in [0.1, 0.15) is 5.60 Å². The van der Waals surface area contributed by atoms with Crippen LogP contribution in [0.5, 0.6) is 0 Å². The lowest BCUT2D eigenvalue weighted by Gasteiger charge is -2.35. The molecule has 1 aliphatic heterocycles. The van der Waals surface area contributed by atoms with Crippen LogP contribution in [0, 0.1) is 12.3 Å². The monoisotopic (exact) mass is 334 g/mol. The molecule has 0 spiro atoms. The lowest BCUT2D eigenvalue weighted by Crippen LogP contribution is -2.50. The van der Waals surface area contributed by atoms with Gasteiger partial charge in [-0.3, -0.25) is 4.98 Å². The summed E-state index contributed by atoms with van der Waals surface area (Å²) in [5.41, 5.74) is -1.03. The number of rotatable bonds is 3. The van der Waals surface area contributed by atoms with Gasteiger partial charge in [0, 0.05) is 26.2 Å². The zero-order valence-electron chi connectivity index (χ0n) is 14.1. The molecule has 24 heavy (non-hydrogen) atoms. The molecule has 0 aliphatic carbocycles. The van der Waals surface area contributed by atoms with Crippen LogP contribution in [-0.4, -0.2) is 64.3 Å². The Bertz CT molecular complexity index is 680. The van der Waals surface area contributed by atoms with E-state index in [2.05, 4.69) is 26.2 Å². The molecule has 1 amide bonds. The average Bonchev–Trinajstić information content (AvgIpc) is 2.51. The Kier molecular flexibility index (Phi) is 5.28. The molecule has 0 radical (unpaired) electrons. The van der Waals surface area contributed by atoms with Crippen LogP contribution in [0.2, 0.25) is 0 Å². The summed E-state index contributed by atoms with van der Waals surface area (Å²) >= 11 is 0. The maximum Gasteiger partial charge on any atom is 0.410 e. The van der Waals surface area contributed by atoms with E-state index in [-0.39, 0.29) is 18.6 Å². The largest absolute Gasteiger partial charge is 0.444 e. The second-order valence-electron chi connectivity index (χ2n) is 6.31. The molecule has 1 aliphatic rings. The molecule has 0 aromatic carbocycles. The van der Waals surface area contributed by atoms with Crippen molar-refractivity contribution in [1.29, 1.82) is 0 Å². The number of hydrogen-bond acceptors (Lipinski definition) is 7. The van der Waals surface area contributed by atoms with Crippen LogP contribution < -0.4 is 15.9 Å². The molecule has 2 heterocycles. The van der Waals surface area contributed by atoms with Crippen molar-refractivity contribution in [2.45, 2.75) is 26.4 Å². The number of anilines is 2. The molecule has 1 aromatic heterocycles. The Balaban J connectivity index is 1.99. The normalized spacial score (nSPS) is 14.9. The number of carbonyl (C=O) groups is 1. The molecule has 0 atom stereocenters. The number of amides is 1. The van der Waals surface area contributed by atoms with Gasteiger partial charge in [-0.05, 0) is 20.8 Å². The highest BCUT2D eigenvalue weighted by molar-refractivity contribution is 5.68. The van der Waals surface area contributed by atoms with E-state index in [1.165, 1.54) is 0 Å². The maximum atomic E-state index is 12.1. The summed E-state index contributed by atoms with van der Waals surface area (Å²) in [5.74, 6) is 2.99. The van der Waals surface area contributed by atoms with Gasteiger partial charge in [0.15, 0.2) is 0 Å². The van der Waals surface area contributed by atoms with Crippen molar-refractivity contribution in [3.8, 4) is 12.3 Å². The SMILES string of the molecule is C#CCNc1nc(N2CCN(C(=O)OC(C)(C)C)CC2)nc(=O)[nH]1. The number of aromatic nitrogens is 3. The molecule has 9 heteroatoms. The van der Waals surface area contributed by atoms with Gasteiger partial charge in [-0.25, -0.2) is 9.59 Å². The van der Waals surface area contributed by atoms with Crippen LogP contribution >= 0.6 is 0 Å². The highest BCUT2D eigenvalue weighted by Crippen LogP contribution is 2.14. The maximum absolute atomic E-state index is 12.1. The number of nitrogens with zero attached hydrogens (tertiary/aromatic N) is 4. The Morgan fingerprint density at radius 3 is 2.58 bits per heavy atom. The molecule has 0 unspecified atom stereocenters. The first-order valence-electron chi connectivity index (χ1n) is 7.67. The Morgan fingerprint density at radius 2 is 2.00 bits per heavy atom. The Labute approximate surface area is 140 Å². The minimum absolute atomic E-state index is 0.249. The summed E-state index contributed by atoms with van der Waals surface area (Å²) in [6.45, 7) is 7.70. The molecule has 9 nitrogen and oxygen atoms in total. The summed E-state index contributed by atoms with van der Waals surface area (Å²) in [7, 11) is 0. The van der Waals surface area contributed by atoms with Gasteiger partial charge >= 0.3 is 11.8 Å². The molecule has 130 valence electrons. The van der Waals surface area contributed by atoms with Gasteiger partial charge in [0.25, 0.3) is 0 Å². The summed E-state index contributed by atoms with van der Waals surface area (Å²) in [5, 5.41) is 2.81. The van der Waals surface area contributed by atoms with E-state index in [1.807, 2.05) is 25.7 Å². The van der Waals surface area contributed by atoms with Crippen molar-refractivity contribution >= 4 is 18.0 Å². The summed E-state index contributed by atoms with van der Waals surface area (Å²) < 4.78 is 5.35. The second kappa shape index (κ2) is 7.21. The van der Waals surface area contributed by atoms with E-state index < -0.39 is 11.3 Å². The summed E-state index contributed by atoms with van der Waals surface area (Å²) in [6, 6.07) is 0. The number of hydrogen-bond donors (Lipinski definition) is 2. The van der Waals surface area contributed by atoms with Gasteiger partial charge in [0.05, 0.1) is 6.54 Å². The number of H-pyrrole nitrogens is 1. The molecule has 0 bridgehead atoms. The number of terminal acetylenes is 1. The molecule has 2 N–H and O–H groups in total. The minimum atomic E-state index is -0.526. The molecular weight excluding hydrogens is 312 g/mol. The Morgan fingerprint density at radius 1 is 1.33 bits per heavy atom. The fourth-order valence-corrected chi connectivity index (χ4v) is 2.15. The minimum Gasteiger partial charge on any atom is -0.444 e. The first kappa shape index (κ1) is 17.6.